The molecule has 0 spiro atoms. The van der Waals surface area contributed by atoms with Gasteiger partial charge in [0.2, 0.25) is 0 Å². The molecule has 0 saturated carbocycles. The van der Waals surface area contributed by atoms with Gasteiger partial charge < -0.3 is 25.2 Å². The third kappa shape index (κ3) is 4.44. The van der Waals surface area contributed by atoms with Crippen LogP contribution >= 0.6 is 0 Å². The average Bonchev–Trinajstić information content (AvgIpc) is 2.67. The van der Waals surface area contributed by atoms with Gasteiger partial charge in [0.25, 0.3) is 0 Å². The highest BCUT2D eigenvalue weighted by molar-refractivity contribution is 5.46. The molecule has 1 heterocycles. The summed E-state index contributed by atoms with van der Waals surface area (Å²) in [5.41, 5.74) is 2.01. The fourth-order valence-corrected chi connectivity index (χ4v) is 3.28. The Morgan fingerprint density at radius 3 is 2.56 bits per heavy atom. The molecule has 1 unspecified atom stereocenters. The van der Waals surface area contributed by atoms with Gasteiger partial charge >= 0.3 is 0 Å². The van der Waals surface area contributed by atoms with Crippen molar-refractivity contribution in [1.82, 2.24) is 5.32 Å². The predicted octanol–water partition coefficient (Wildman–Crippen LogP) is 2.69. The number of piperidine rings is 1. The van der Waals surface area contributed by atoms with Crippen molar-refractivity contribution in [2.75, 3.05) is 31.6 Å². The quantitative estimate of drug-likeness (QED) is 0.753. The smallest absolute Gasteiger partial charge is 0.160 e. The van der Waals surface area contributed by atoms with Crippen LogP contribution in [-0.2, 0) is 0 Å². The van der Waals surface area contributed by atoms with Crippen LogP contribution < -0.4 is 15.0 Å². The maximum atomic E-state index is 10.4. The monoisotopic (exact) mass is 342 g/mol. The molecule has 1 aliphatic rings. The molecular formula is C20H26N2O3. The second kappa shape index (κ2) is 8.23. The number of benzene rings is 2. The van der Waals surface area contributed by atoms with E-state index in [-0.39, 0.29) is 5.75 Å². The summed E-state index contributed by atoms with van der Waals surface area (Å²) in [5, 5.41) is 23.5. The van der Waals surface area contributed by atoms with Crippen LogP contribution in [0.5, 0.6) is 11.5 Å². The van der Waals surface area contributed by atoms with Crippen molar-refractivity contribution in [3.05, 3.63) is 54.1 Å². The average molecular weight is 342 g/mol. The van der Waals surface area contributed by atoms with E-state index in [1.165, 1.54) is 12.8 Å². The first-order valence-corrected chi connectivity index (χ1v) is 8.75. The highest BCUT2D eigenvalue weighted by Gasteiger charge is 2.20. The Balaban J connectivity index is 1.48. The molecule has 0 aliphatic carbocycles. The van der Waals surface area contributed by atoms with Gasteiger partial charge in [-0.15, -0.1) is 0 Å². The van der Waals surface area contributed by atoms with Gasteiger partial charge in [0, 0.05) is 31.4 Å². The molecule has 1 fully saturated rings. The maximum absolute atomic E-state index is 10.4. The van der Waals surface area contributed by atoms with Crippen LogP contribution in [0.2, 0.25) is 0 Å². The van der Waals surface area contributed by atoms with Gasteiger partial charge in [-0.05, 0) is 42.7 Å². The van der Waals surface area contributed by atoms with Gasteiger partial charge in [0.05, 0.1) is 13.2 Å². The molecule has 0 aromatic heterocycles. The molecule has 2 aromatic rings. The van der Waals surface area contributed by atoms with Crippen molar-refractivity contribution < 1.29 is 14.9 Å². The van der Waals surface area contributed by atoms with Gasteiger partial charge in [-0.3, -0.25) is 0 Å². The van der Waals surface area contributed by atoms with E-state index in [2.05, 4.69) is 34.5 Å². The topological polar surface area (TPSA) is 65.0 Å². The minimum absolute atomic E-state index is 0.0830. The molecule has 1 atom stereocenters. The van der Waals surface area contributed by atoms with Crippen molar-refractivity contribution in [2.45, 2.75) is 25.0 Å². The zero-order valence-electron chi connectivity index (χ0n) is 14.6. The molecule has 1 aliphatic heterocycles. The number of methoxy groups -OCH3 is 1. The highest BCUT2D eigenvalue weighted by atomic mass is 16.5. The second-order valence-corrected chi connectivity index (χ2v) is 6.45. The Kier molecular flexibility index (Phi) is 5.79. The summed E-state index contributed by atoms with van der Waals surface area (Å²) in [4.78, 5) is 2.40. The van der Waals surface area contributed by atoms with Crippen molar-refractivity contribution in [1.29, 1.82) is 0 Å². The number of hydrogen-bond acceptors (Lipinski definition) is 5. The number of aliphatic hydroxyl groups excluding tert-OH is 1. The van der Waals surface area contributed by atoms with Crippen LogP contribution in [0.3, 0.4) is 0 Å². The molecule has 3 rings (SSSR count). The molecule has 5 nitrogen and oxygen atoms in total. The molecule has 0 amide bonds. The zero-order chi connectivity index (χ0) is 17.6. The lowest BCUT2D eigenvalue weighted by Crippen LogP contribution is -2.43. The standard InChI is InChI=1S/C20H26N2O3/c1-25-20-13-15(7-8-18(20)23)19(24)14-21-16-9-11-22(12-10-16)17-5-3-2-4-6-17/h2-8,13,16,19,21,23-24H,9-12,14H2,1H3. The molecule has 0 radical (unpaired) electrons. The molecule has 1 saturated heterocycles. The molecule has 25 heavy (non-hydrogen) atoms. The number of aliphatic hydroxyl groups is 1. The van der Waals surface area contributed by atoms with E-state index in [0.717, 1.165) is 31.5 Å². The summed E-state index contributed by atoms with van der Waals surface area (Å²) < 4.78 is 5.10. The Labute approximate surface area is 148 Å². The second-order valence-electron chi connectivity index (χ2n) is 6.45. The third-order valence-corrected chi connectivity index (χ3v) is 4.80. The lowest BCUT2D eigenvalue weighted by Gasteiger charge is -2.34. The summed E-state index contributed by atoms with van der Waals surface area (Å²) in [7, 11) is 1.50. The van der Waals surface area contributed by atoms with Crippen molar-refractivity contribution >= 4 is 5.69 Å². The number of para-hydroxylation sites is 1. The number of nitrogens with zero attached hydrogens (tertiary/aromatic N) is 1. The lowest BCUT2D eigenvalue weighted by atomic mass is 10.0. The minimum Gasteiger partial charge on any atom is -0.504 e. The Morgan fingerprint density at radius 1 is 1.16 bits per heavy atom. The summed E-state index contributed by atoms with van der Waals surface area (Å²) in [6.45, 7) is 2.53. The number of hydrogen-bond donors (Lipinski definition) is 3. The van der Waals surface area contributed by atoms with E-state index in [1.807, 2.05) is 6.07 Å². The first kappa shape index (κ1) is 17.6. The van der Waals surface area contributed by atoms with Gasteiger partial charge in [0.15, 0.2) is 11.5 Å². The van der Waals surface area contributed by atoms with Crippen LogP contribution in [0.15, 0.2) is 48.5 Å². The number of nitrogens with one attached hydrogen (secondary N) is 1. The largest absolute Gasteiger partial charge is 0.504 e. The molecule has 5 heteroatoms. The summed E-state index contributed by atoms with van der Waals surface area (Å²) in [6, 6.07) is 15.8. The van der Waals surface area contributed by atoms with E-state index >= 15 is 0 Å². The van der Waals surface area contributed by atoms with Gasteiger partial charge in [-0.1, -0.05) is 24.3 Å². The van der Waals surface area contributed by atoms with E-state index in [9.17, 15) is 10.2 Å². The predicted molar refractivity (Wildman–Crippen MR) is 99.3 cm³/mol. The van der Waals surface area contributed by atoms with Crippen LogP contribution in [0.4, 0.5) is 5.69 Å². The van der Waals surface area contributed by atoms with Gasteiger partial charge in [-0.2, -0.15) is 0 Å². The Morgan fingerprint density at radius 2 is 1.88 bits per heavy atom. The van der Waals surface area contributed by atoms with Crippen LogP contribution in [0.1, 0.15) is 24.5 Å². The highest BCUT2D eigenvalue weighted by Crippen LogP contribution is 2.29. The molecular weight excluding hydrogens is 316 g/mol. The number of aromatic hydroxyl groups is 1. The molecule has 2 aromatic carbocycles. The SMILES string of the molecule is COc1cc(C(O)CNC2CCN(c3ccccc3)CC2)ccc1O. The number of phenolic OH excluding ortho intramolecular Hbond substituents is 1. The first-order chi connectivity index (χ1) is 12.2. The van der Waals surface area contributed by atoms with E-state index < -0.39 is 6.10 Å². The Hall–Kier alpha value is -2.24. The van der Waals surface area contributed by atoms with Gasteiger partial charge in [-0.25, -0.2) is 0 Å². The molecule has 0 bridgehead atoms. The van der Waals surface area contributed by atoms with E-state index in [0.29, 0.717) is 18.3 Å². The molecule has 3 N–H and O–H groups in total. The summed E-state index contributed by atoms with van der Waals surface area (Å²) in [5.74, 6) is 0.465. The van der Waals surface area contributed by atoms with E-state index in [4.69, 9.17) is 4.74 Å². The van der Waals surface area contributed by atoms with Crippen LogP contribution in [0.25, 0.3) is 0 Å². The number of rotatable bonds is 6. The fourth-order valence-electron chi connectivity index (χ4n) is 3.28. The number of anilines is 1. The zero-order valence-corrected chi connectivity index (χ0v) is 14.6. The van der Waals surface area contributed by atoms with Crippen molar-refractivity contribution in [3.8, 4) is 11.5 Å². The van der Waals surface area contributed by atoms with Crippen molar-refractivity contribution in [3.63, 3.8) is 0 Å². The summed E-state index contributed by atoms with van der Waals surface area (Å²) >= 11 is 0. The van der Waals surface area contributed by atoms with E-state index in [1.54, 1.807) is 18.2 Å². The normalized spacial score (nSPS) is 16.6. The number of phenols is 1. The van der Waals surface area contributed by atoms with Crippen LogP contribution in [0, 0.1) is 0 Å². The first-order valence-electron chi connectivity index (χ1n) is 8.75. The number of ether oxygens (including phenoxy) is 1. The minimum atomic E-state index is -0.623. The Bertz CT molecular complexity index is 670. The van der Waals surface area contributed by atoms with Crippen LogP contribution in [-0.4, -0.2) is 43.0 Å². The van der Waals surface area contributed by atoms with Crippen molar-refractivity contribution in [2.24, 2.45) is 0 Å². The summed E-state index contributed by atoms with van der Waals surface area (Å²) in [6.07, 6.45) is 1.49. The fraction of sp³-hybridized carbons (Fsp3) is 0.400. The van der Waals surface area contributed by atoms with Gasteiger partial charge in [0.1, 0.15) is 0 Å². The third-order valence-electron chi connectivity index (χ3n) is 4.80. The lowest BCUT2D eigenvalue weighted by molar-refractivity contribution is 0.166. The maximum Gasteiger partial charge on any atom is 0.160 e. The molecule has 134 valence electrons.